The van der Waals surface area contributed by atoms with Crippen LogP contribution in [0.3, 0.4) is 0 Å². The summed E-state index contributed by atoms with van der Waals surface area (Å²) in [6.07, 6.45) is 6.66. The first-order valence-corrected chi connectivity index (χ1v) is 8.22. The number of carbonyl (C=O) groups excluding carboxylic acids is 1. The zero-order chi connectivity index (χ0) is 14.4. The van der Waals surface area contributed by atoms with Crippen LogP contribution in [0.1, 0.15) is 37.7 Å². The van der Waals surface area contributed by atoms with Gasteiger partial charge in [-0.15, -0.1) is 0 Å². The van der Waals surface area contributed by atoms with Gasteiger partial charge in [0, 0.05) is 17.1 Å². The van der Waals surface area contributed by atoms with Crippen LogP contribution in [-0.2, 0) is 11.2 Å². The molecule has 1 aromatic carbocycles. The monoisotopic (exact) mass is 338 g/mol. The molecular weight excluding hydrogens is 316 g/mol. The van der Waals surface area contributed by atoms with Crippen LogP contribution in [0.4, 0.5) is 0 Å². The fraction of sp³-hybridized carbons (Fsp3) is 0.562. The summed E-state index contributed by atoms with van der Waals surface area (Å²) >= 11 is 3.43. The number of halogens is 1. The Bertz CT molecular complexity index is 444. The molecule has 1 aliphatic carbocycles. The standard InChI is InChI=1S/C16H23BrN2O/c17-14-8-4-5-12(9-14)10-16(20)19-15(11-18)13-6-2-1-3-7-13/h4-5,8-9,13,15H,1-3,6-7,10-11,18H2,(H,19,20). The van der Waals surface area contributed by atoms with Gasteiger partial charge in [-0.05, 0) is 36.5 Å². The molecule has 1 unspecified atom stereocenters. The minimum absolute atomic E-state index is 0.0733. The number of hydrogen-bond donors (Lipinski definition) is 2. The van der Waals surface area contributed by atoms with Crippen molar-refractivity contribution in [3.8, 4) is 0 Å². The van der Waals surface area contributed by atoms with E-state index >= 15 is 0 Å². The summed E-state index contributed by atoms with van der Waals surface area (Å²) in [5, 5.41) is 3.13. The highest BCUT2D eigenvalue weighted by atomic mass is 79.9. The summed E-state index contributed by atoms with van der Waals surface area (Å²) < 4.78 is 1.01. The molecule has 1 aliphatic rings. The van der Waals surface area contributed by atoms with E-state index in [1.165, 1.54) is 32.1 Å². The van der Waals surface area contributed by atoms with Crippen molar-refractivity contribution < 1.29 is 4.79 Å². The van der Waals surface area contributed by atoms with Gasteiger partial charge >= 0.3 is 0 Å². The average molecular weight is 339 g/mol. The molecule has 1 aromatic rings. The zero-order valence-corrected chi connectivity index (χ0v) is 13.4. The topological polar surface area (TPSA) is 55.1 Å². The third-order valence-corrected chi connectivity index (χ3v) is 4.57. The van der Waals surface area contributed by atoms with Crippen LogP contribution in [0.25, 0.3) is 0 Å². The van der Waals surface area contributed by atoms with Gasteiger partial charge in [0.25, 0.3) is 0 Å². The molecule has 0 heterocycles. The van der Waals surface area contributed by atoms with Crippen LogP contribution in [-0.4, -0.2) is 18.5 Å². The molecule has 0 radical (unpaired) electrons. The molecule has 0 spiro atoms. The predicted octanol–water partition coefficient (Wildman–Crippen LogP) is 3.02. The number of amides is 1. The first-order chi connectivity index (χ1) is 9.69. The van der Waals surface area contributed by atoms with E-state index in [1.807, 2.05) is 24.3 Å². The Labute approximate surface area is 129 Å². The Morgan fingerprint density at radius 3 is 2.75 bits per heavy atom. The van der Waals surface area contributed by atoms with Gasteiger partial charge < -0.3 is 11.1 Å². The maximum absolute atomic E-state index is 12.2. The molecule has 0 aromatic heterocycles. The van der Waals surface area contributed by atoms with Gasteiger partial charge in [0.05, 0.1) is 6.42 Å². The largest absolute Gasteiger partial charge is 0.352 e. The maximum atomic E-state index is 12.2. The number of rotatable bonds is 5. The number of nitrogens with one attached hydrogen (secondary N) is 1. The normalized spacial score (nSPS) is 17.7. The number of nitrogens with two attached hydrogens (primary N) is 1. The fourth-order valence-electron chi connectivity index (χ4n) is 3.00. The van der Waals surface area contributed by atoms with Gasteiger partial charge in [-0.2, -0.15) is 0 Å². The first-order valence-electron chi connectivity index (χ1n) is 7.43. The van der Waals surface area contributed by atoms with Crippen molar-refractivity contribution in [1.29, 1.82) is 0 Å². The molecule has 2 rings (SSSR count). The molecule has 1 saturated carbocycles. The molecule has 0 aliphatic heterocycles. The lowest BCUT2D eigenvalue weighted by molar-refractivity contribution is -0.121. The van der Waals surface area contributed by atoms with Crippen molar-refractivity contribution in [2.24, 2.45) is 11.7 Å². The quantitative estimate of drug-likeness (QED) is 0.866. The molecule has 1 amide bonds. The van der Waals surface area contributed by atoms with Crippen molar-refractivity contribution in [3.63, 3.8) is 0 Å². The van der Waals surface area contributed by atoms with Crippen LogP contribution in [0, 0.1) is 5.92 Å². The summed E-state index contributed by atoms with van der Waals surface area (Å²) in [6, 6.07) is 8.01. The minimum Gasteiger partial charge on any atom is -0.352 e. The lowest BCUT2D eigenvalue weighted by Crippen LogP contribution is -2.46. The van der Waals surface area contributed by atoms with Gasteiger partial charge in [-0.1, -0.05) is 47.3 Å². The molecule has 1 fully saturated rings. The van der Waals surface area contributed by atoms with Crippen molar-refractivity contribution in [2.45, 2.75) is 44.6 Å². The molecule has 3 N–H and O–H groups in total. The smallest absolute Gasteiger partial charge is 0.224 e. The van der Waals surface area contributed by atoms with Crippen LogP contribution in [0.5, 0.6) is 0 Å². The highest BCUT2D eigenvalue weighted by Crippen LogP contribution is 2.26. The van der Waals surface area contributed by atoms with Crippen LogP contribution in [0.2, 0.25) is 0 Å². The SMILES string of the molecule is NCC(NC(=O)Cc1cccc(Br)c1)C1CCCCC1. The van der Waals surface area contributed by atoms with Crippen molar-refractivity contribution >= 4 is 21.8 Å². The lowest BCUT2D eigenvalue weighted by atomic mass is 9.84. The van der Waals surface area contributed by atoms with E-state index in [2.05, 4.69) is 21.2 Å². The van der Waals surface area contributed by atoms with Crippen LogP contribution >= 0.6 is 15.9 Å². The maximum Gasteiger partial charge on any atom is 0.224 e. The highest BCUT2D eigenvalue weighted by molar-refractivity contribution is 9.10. The van der Waals surface area contributed by atoms with Crippen LogP contribution in [0.15, 0.2) is 28.7 Å². The third kappa shape index (κ3) is 4.60. The Morgan fingerprint density at radius 1 is 1.35 bits per heavy atom. The van der Waals surface area contributed by atoms with Gasteiger partial charge in [0.2, 0.25) is 5.91 Å². The molecule has 0 saturated heterocycles. The summed E-state index contributed by atoms with van der Waals surface area (Å²) in [7, 11) is 0. The van der Waals surface area contributed by atoms with E-state index in [9.17, 15) is 4.79 Å². The minimum atomic E-state index is 0.0733. The predicted molar refractivity (Wildman–Crippen MR) is 85.4 cm³/mol. The Hall–Kier alpha value is -0.870. The summed E-state index contributed by atoms with van der Waals surface area (Å²) in [4.78, 5) is 12.2. The van der Waals surface area contributed by atoms with Crippen LogP contribution < -0.4 is 11.1 Å². The molecule has 110 valence electrons. The first kappa shape index (κ1) is 15.5. The lowest BCUT2D eigenvalue weighted by Gasteiger charge is -2.30. The molecular formula is C16H23BrN2O. The fourth-order valence-corrected chi connectivity index (χ4v) is 3.44. The van der Waals surface area contributed by atoms with E-state index in [4.69, 9.17) is 5.73 Å². The summed E-state index contributed by atoms with van der Waals surface area (Å²) in [5.41, 5.74) is 6.87. The molecule has 3 nitrogen and oxygen atoms in total. The number of hydrogen-bond acceptors (Lipinski definition) is 2. The van der Waals surface area contributed by atoms with Crippen molar-refractivity contribution in [2.75, 3.05) is 6.54 Å². The second kappa shape index (κ2) is 7.79. The Kier molecular flexibility index (Phi) is 6.05. The molecule has 1 atom stereocenters. The van der Waals surface area contributed by atoms with E-state index in [0.717, 1.165) is 10.0 Å². The van der Waals surface area contributed by atoms with E-state index < -0.39 is 0 Å². The van der Waals surface area contributed by atoms with Crippen molar-refractivity contribution in [1.82, 2.24) is 5.32 Å². The van der Waals surface area contributed by atoms with Gasteiger partial charge in [-0.25, -0.2) is 0 Å². The number of benzene rings is 1. The summed E-state index contributed by atoms with van der Waals surface area (Å²) in [5.74, 6) is 0.629. The summed E-state index contributed by atoms with van der Waals surface area (Å²) in [6.45, 7) is 0.537. The van der Waals surface area contributed by atoms with Gasteiger partial charge in [0.15, 0.2) is 0 Å². The zero-order valence-electron chi connectivity index (χ0n) is 11.8. The molecule has 0 bridgehead atoms. The van der Waals surface area contributed by atoms with Crippen molar-refractivity contribution in [3.05, 3.63) is 34.3 Å². The Balaban J connectivity index is 1.88. The van der Waals surface area contributed by atoms with E-state index in [1.54, 1.807) is 0 Å². The third-order valence-electron chi connectivity index (χ3n) is 4.07. The second-order valence-electron chi connectivity index (χ2n) is 5.61. The molecule has 4 heteroatoms. The van der Waals surface area contributed by atoms with Gasteiger partial charge in [0.1, 0.15) is 0 Å². The average Bonchev–Trinajstić information content (AvgIpc) is 2.45. The number of carbonyl (C=O) groups is 1. The second-order valence-corrected chi connectivity index (χ2v) is 6.53. The highest BCUT2D eigenvalue weighted by Gasteiger charge is 2.23. The van der Waals surface area contributed by atoms with E-state index in [0.29, 0.717) is 18.9 Å². The molecule has 20 heavy (non-hydrogen) atoms. The van der Waals surface area contributed by atoms with E-state index in [-0.39, 0.29) is 11.9 Å². The van der Waals surface area contributed by atoms with Gasteiger partial charge in [-0.3, -0.25) is 4.79 Å². The Morgan fingerprint density at radius 2 is 2.10 bits per heavy atom.